The summed E-state index contributed by atoms with van der Waals surface area (Å²) in [5.74, 6) is 1.37. The van der Waals surface area contributed by atoms with Crippen LogP contribution in [0.2, 0.25) is 0 Å². The van der Waals surface area contributed by atoms with Crippen LogP contribution in [-0.2, 0) is 0 Å². The Bertz CT molecular complexity index is 614. The van der Waals surface area contributed by atoms with Crippen LogP contribution >= 0.6 is 0 Å². The van der Waals surface area contributed by atoms with Crippen LogP contribution in [0.15, 0.2) is 18.5 Å². The van der Waals surface area contributed by atoms with E-state index in [0.717, 1.165) is 18.0 Å². The van der Waals surface area contributed by atoms with Crippen molar-refractivity contribution in [3.05, 3.63) is 29.6 Å². The van der Waals surface area contributed by atoms with Gasteiger partial charge in [0.05, 0.1) is 17.4 Å². The van der Waals surface area contributed by atoms with Gasteiger partial charge in [-0.15, -0.1) is 0 Å². The Labute approximate surface area is 121 Å². The molecule has 2 N–H and O–H groups in total. The highest BCUT2D eigenvalue weighted by molar-refractivity contribution is 5.77. The fourth-order valence-corrected chi connectivity index (χ4v) is 3.58. The van der Waals surface area contributed by atoms with Gasteiger partial charge in [-0.25, -0.2) is 4.98 Å². The molecule has 3 nitrogen and oxygen atoms in total. The second-order valence-corrected chi connectivity index (χ2v) is 6.56. The number of aryl methyl sites for hydroxylation is 2. The van der Waals surface area contributed by atoms with Gasteiger partial charge in [0.2, 0.25) is 0 Å². The summed E-state index contributed by atoms with van der Waals surface area (Å²) in [5.41, 5.74) is 11.0. The lowest BCUT2D eigenvalue weighted by Gasteiger charge is -2.35. The maximum Gasteiger partial charge on any atom is 0.0961 e. The predicted octanol–water partition coefficient (Wildman–Crippen LogP) is 3.59. The molecule has 0 saturated heterocycles. The second-order valence-electron chi connectivity index (χ2n) is 6.56. The monoisotopic (exact) mass is 271 g/mol. The number of imidazole rings is 1. The Morgan fingerprint density at radius 3 is 2.75 bits per heavy atom. The van der Waals surface area contributed by atoms with Gasteiger partial charge in [0.25, 0.3) is 0 Å². The van der Waals surface area contributed by atoms with Crippen molar-refractivity contribution < 1.29 is 0 Å². The van der Waals surface area contributed by atoms with Crippen LogP contribution in [-0.4, -0.2) is 16.1 Å². The van der Waals surface area contributed by atoms with Crippen LogP contribution in [0.5, 0.6) is 0 Å². The molecular formula is C17H25N3. The number of rotatable bonds is 2. The zero-order chi connectivity index (χ0) is 14.3. The van der Waals surface area contributed by atoms with Gasteiger partial charge in [-0.1, -0.05) is 13.3 Å². The molecule has 3 atom stereocenters. The van der Waals surface area contributed by atoms with E-state index >= 15 is 0 Å². The lowest BCUT2D eigenvalue weighted by molar-refractivity contribution is 0.201. The van der Waals surface area contributed by atoms with Crippen molar-refractivity contribution >= 4 is 11.0 Å². The second kappa shape index (κ2) is 5.21. The number of aromatic nitrogens is 2. The number of fused-ring (bicyclic) bond motifs is 1. The summed E-state index contributed by atoms with van der Waals surface area (Å²) in [4.78, 5) is 4.61. The Morgan fingerprint density at radius 2 is 2.00 bits per heavy atom. The molecule has 1 aromatic carbocycles. The highest BCUT2D eigenvalue weighted by atomic mass is 15.1. The first-order chi connectivity index (χ1) is 9.60. The molecule has 1 heterocycles. The average Bonchev–Trinajstić information content (AvgIpc) is 2.82. The summed E-state index contributed by atoms with van der Waals surface area (Å²) in [6.07, 6.45) is 5.80. The third kappa shape index (κ3) is 2.24. The van der Waals surface area contributed by atoms with E-state index < -0.39 is 0 Å². The van der Waals surface area contributed by atoms with E-state index in [9.17, 15) is 0 Å². The third-order valence-electron chi connectivity index (χ3n) is 5.07. The van der Waals surface area contributed by atoms with E-state index in [1.165, 1.54) is 35.9 Å². The lowest BCUT2D eigenvalue weighted by atomic mass is 9.79. The van der Waals surface area contributed by atoms with Gasteiger partial charge in [0, 0.05) is 6.04 Å². The van der Waals surface area contributed by atoms with E-state index in [-0.39, 0.29) is 0 Å². The van der Waals surface area contributed by atoms with Gasteiger partial charge >= 0.3 is 0 Å². The summed E-state index contributed by atoms with van der Waals surface area (Å²) < 4.78 is 2.38. The van der Waals surface area contributed by atoms with E-state index in [1.54, 1.807) is 0 Å². The Morgan fingerprint density at radius 1 is 1.25 bits per heavy atom. The van der Waals surface area contributed by atoms with E-state index in [0.29, 0.717) is 12.0 Å². The number of nitrogens with two attached hydrogens (primary N) is 1. The average molecular weight is 271 g/mol. The minimum Gasteiger partial charge on any atom is -0.330 e. The molecule has 1 fully saturated rings. The molecule has 3 unspecified atom stereocenters. The van der Waals surface area contributed by atoms with Gasteiger partial charge in [-0.3, -0.25) is 0 Å². The SMILES string of the molecule is Cc1cc2ncn(C3CC(C)CCC3CN)c2cc1C. The molecule has 0 aliphatic heterocycles. The van der Waals surface area contributed by atoms with Gasteiger partial charge in [0.15, 0.2) is 0 Å². The minimum absolute atomic E-state index is 0.510. The quantitative estimate of drug-likeness (QED) is 0.907. The summed E-state index contributed by atoms with van der Waals surface area (Å²) in [5, 5.41) is 0. The molecule has 1 aromatic heterocycles. The number of hydrogen-bond acceptors (Lipinski definition) is 2. The van der Waals surface area contributed by atoms with E-state index in [2.05, 4.69) is 42.5 Å². The molecule has 1 aliphatic carbocycles. The summed E-state index contributed by atoms with van der Waals surface area (Å²) in [6, 6.07) is 4.99. The largest absolute Gasteiger partial charge is 0.330 e. The van der Waals surface area contributed by atoms with E-state index in [1.807, 2.05) is 6.33 Å². The molecule has 0 radical (unpaired) electrons. The highest BCUT2D eigenvalue weighted by Gasteiger charge is 2.29. The van der Waals surface area contributed by atoms with Crippen LogP contribution in [0.1, 0.15) is 43.4 Å². The molecule has 1 aliphatic rings. The maximum absolute atomic E-state index is 6.01. The van der Waals surface area contributed by atoms with Gasteiger partial charge in [-0.2, -0.15) is 0 Å². The number of benzene rings is 1. The normalized spacial score (nSPS) is 27.1. The smallest absolute Gasteiger partial charge is 0.0961 e. The van der Waals surface area contributed by atoms with E-state index in [4.69, 9.17) is 5.73 Å². The lowest BCUT2D eigenvalue weighted by Crippen LogP contribution is -2.31. The molecule has 3 heteroatoms. The first kappa shape index (κ1) is 13.6. The van der Waals surface area contributed by atoms with Gasteiger partial charge in [-0.05, 0) is 68.3 Å². The zero-order valence-corrected chi connectivity index (χ0v) is 12.8. The van der Waals surface area contributed by atoms with Gasteiger partial charge < -0.3 is 10.3 Å². The highest BCUT2D eigenvalue weighted by Crippen LogP contribution is 2.38. The number of nitrogens with zero attached hydrogens (tertiary/aromatic N) is 2. The van der Waals surface area contributed by atoms with Crippen molar-refractivity contribution in [2.24, 2.45) is 17.6 Å². The van der Waals surface area contributed by atoms with Crippen LogP contribution in [0, 0.1) is 25.7 Å². The summed E-state index contributed by atoms with van der Waals surface area (Å²) >= 11 is 0. The summed E-state index contributed by atoms with van der Waals surface area (Å²) in [6.45, 7) is 7.46. The molecular weight excluding hydrogens is 246 g/mol. The van der Waals surface area contributed by atoms with Crippen LogP contribution in [0.25, 0.3) is 11.0 Å². The molecule has 0 spiro atoms. The van der Waals surface area contributed by atoms with Crippen LogP contribution < -0.4 is 5.73 Å². The molecule has 1 saturated carbocycles. The van der Waals surface area contributed by atoms with Gasteiger partial charge in [0.1, 0.15) is 0 Å². The van der Waals surface area contributed by atoms with Crippen molar-refractivity contribution in [2.75, 3.05) is 6.54 Å². The van der Waals surface area contributed by atoms with Crippen molar-refractivity contribution in [3.8, 4) is 0 Å². The molecule has 20 heavy (non-hydrogen) atoms. The van der Waals surface area contributed by atoms with Crippen molar-refractivity contribution in [1.82, 2.24) is 9.55 Å². The molecule has 0 bridgehead atoms. The Balaban J connectivity index is 2.06. The minimum atomic E-state index is 0.510. The maximum atomic E-state index is 6.01. The first-order valence-corrected chi connectivity index (χ1v) is 7.74. The fraction of sp³-hybridized carbons (Fsp3) is 0.588. The zero-order valence-electron chi connectivity index (χ0n) is 12.8. The Hall–Kier alpha value is -1.35. The number of hydrogen-bond donors (Lipinski definition) is 1. The standard InChI is InChI=1S/C17H25N3/c1-11-4-5-14(9-18)16(6-11)20-10-19-15-7-12(2)13(3)8-17(15)20/h7-8,10-11,14,16H,4-6,9,18H2,1-3H3. The third-order valence-corrected chi connectivity index (χ3v) is 5.07. The summed E-state index contributed by atoms with van der Waals surface area (Å²) in [7, 11) is 0. The Kier molecular flexibility index (Phi) is 3.55. The van der Waals surface area contributed by atoms with Crippen molar-refractivity contribution in [3.63, 3.8) is 0 Å². The molecule has 3 rings (SSSR count). The topological polar surface area (TPSA) is 43.8 Å². The van der Waals surface area contributed by atoms with Crippen molar-refractivity contribution in [2.45, 2.75) is 46.1 Å². The predicted molar refractivity (Wildman–Crippen MR) is 83.8 cm³/mol. The fourth-order valence-electron chi connectivity index (χ4n) is 3.58. The first-order valence-electron chi connectivity index (χ1n) is 7.74. The molecule has 108 valence electrons. The molecule has 2 aromatic rings. The molecule has 0 amide bonds. The van der Waals surface area contributed by atoms with Crippen molar-refractivity contribution in [1.29, 1.82) is 0 Å². The van der Waals surface area contributed by atoms with Crippen LogP contribution in [0.3, 0.4) is 0 Å². The van der Waals surface area contributed by atoms with Crippen LogP contribution in [0.4, 0.5) is 0 Å².